The van der Waals surface area contributed by atoms with Gasteiger partial charge in [0.05, 0.1) is 27.9 Å². The molecule has 1 heterocycles. The molecule has 1 aromatic heterocycles. The molecule has 0 spiro atoms. The first-order chi connectivity index (χ1) is 25.6. The number of hydrogen-bond acceptors (Lipinski definition) is 15. The fraction of sp³-hybridized carbons (Fsp3) is 0. The van der Waals surface area contributed by atoms with Gasteiger partial charge in [-0.15, -0.1) is 11.3 Å². The highest BCUT2D eigenvalue weighted by Gasteiger charge is 2.15. The maximum absolute atomic E-state index is 11.0. The van der Waals surface area contributed by atoms with Crippen molar-refractivity contribution >= 4 is 29.3 Å². The van der Waals surface area contributed by atoms with Crippen LogP contribution in [0.1, 0.15) is 47.0 Å². The predicted molar refractivity (Wildman–Crippen MR) is 185 cm³/mol. The molecule has 0 aliphatic rings. The maximum atomic E-state index is 11.0. The minimum absolute atomic E-state index is 0.0216. The lowest BCUT2D eigenvalue weighted by Crippen LogP contribution is -2.18. The number of rotatable bonds is 5. The number of anilines is 1. The van der Waals surface area contributed by atoms with E-state index >= 15 is 0 Å². The second-order valence-corrected chi connectivity index (χ2v) is 9.98. The van der Waals surface area contributed by atoms with Gasteiger partial charge in [-0.05, 0) is 54.6 Å². The van der Waals surface area contributed by atoms with E-state index in [-0.39, 0.29) is 56.9 Å². The first-order valence-electron chi connectivity index (χ1n) is 14.4. The van der Waals surface area contributed by atoms with Gasteiger partial charge >= 0.3 is 5.91 Å². The zero-order chi connectivity index (χ0) is 40.5. The van der Waals surface area contributed by atoms with E-state index in [4.69, 9.17) is 38.0 Å². The van der Waals surface area contributed by atoms with Gasteiger partial charge in [-0.25, -0.2) is 16.4 Å². The summed E-state index contributed by atoms with van der Waals surface area (Å²) in [4.78, 5) is 53.5. The van der Waals surface area contributed by atoms with Crippen molar-refractivity contribution in [2.24, 2.45) is 5.18 Å². The van der Waals surface area contributed by atoms with Gasteiger partial charge in [-0.1, -0.05) is 18.1 Å². The Labute approximate surface area is 303 Å². The average molecular weight is 747 g/mol. The summed E-state index contributed by atoms with van der Waals surface area (Å²) in [5, 5.41) is 82.9. The lowest BCUT2D eigenvalue weighted by Gasteiger charge is -2.08. The minimum Gasteiger partial charge on any atom is -0.507 e. The number of para-hydroxylation sites is 1. The number of terminal acetylenes is 1. The molecule has 0 fully saturated rings. The molecule has 5 rings (SSSR count). The molecule has 20 nitrogen and oxygen atoms in total. The summed E-state index contributed by atoms with van der Waals surface area (Å²) in [6.45, 7) is 0. The number of carbonyl (C=O) groups is 4. The van der Waals surface area contributed by atoms with Crippen molar-refractivity contribution in [2.45, 2.75) is 0 Å². The van der Waals surface area contributed by atoms with Crippen molar-refractivity contribution in [2.75, 3.05) is 5.73 Å². The molecule has 0 radical (unpaired) electrons. The van der Waals surface area contributed by atoms with Gasteiger partial charge in [0.15, 0.2) is 11.8 Å². The number of nitrogen functional groups attached to an aromatic ring is 1. The van der Waals surface area contributed by atoms with Crippen LogP contribution in [0.15, 0.2) is 96.2 Å². The van der Waals surface area contributed by atoms with Crippen LogP contribution < -0.4 is 22.2 Å². The average Bonchev–Trinajstić information content (AvgIpc) is 3.51. The van der Waals surface area contributed by atoms with E-state index < -0.39 is 29.4 Å². The second-order valence-electron chi connectivity index (χ2n) is 9.98. The second kappa shape index (κ2) is 19.9. The fourth-order valence-corrected chi connectivity index (χ4v) is 3.97. The number of nitrogens with two attached hydrogens (primary N) is 1. The summed E-state index contributed by atoms with van der Waals surface area (Å²) in [5.41, 5.74) is 10.3. The van der Waals surface area contributed by atoms with Gasteiger partial charge < -0.3 is 36.4 Å². The topological polar surface area (TPSA) is 347 Å². The first kappa shape index (κ1) is 42.0. The molecule has 0 saturated heterocycles. The number of aromatic hydroxyl groups is 6. The molecule has 4 aromatic carbocycles. The Morgan fingerprint density at radius 3 is 1.50 bits per heavy atom. The lowest BCUT2D eigenvalue weighted by atomic mass is 10.1. The number of aromatic nitrogens is 1. The number of phenolic OH excluding ortho intramolecular Hbond substituents is 4. The molecule has 54 heavy (non-hydrogen) atoms. The Morgan fingerprint density at radius 2 is 1.06 bits per heavy atom. The number of nitrogens with one attached hydrogen (secondary N) is 3. The summed E-state index contributed by atoms with van der Waals surface area (Å²) >= 11 is 0. The fourth-order valence-electron chi connectivity index (χ4n) is 3.97. The predicted octanol–water partition coefficient (Wildman–Crippen LogP) is 2.60. The third-order valence-electron chi connectivity index (χ3n) is 6.52. The van der Waals surface area contributed by atoms with Crippen LogP contribution in [0.3, 0.4) is 0 Å². The Hall–Kier alpha value is -8.12. The van der Waals surface area contributed by atoms with E-state index in [1.54, 1.807) is 12.1 Å². The Kier molecular flexibility index (Phi) is 15.5. The summed E-state index contributed by atoms with van der Waals surface area (Å²) in [6, 6.07) is 20.2. The van der Waals surface area contributed by atoms with Crippen LogP contribution in [0, 0.1) is 17.3 Å². The van der Waals surface area contributed by atoms with E-state index in [1.165, 1.54) is 89.2 Å². The zero-order valence-corrected chi connectivity index (χ0v) is 27.3. The number of nitroso groups, excluding NO2 is 1. The Bertz CT molecular complexity index is 2180. The number of hydrogen-bond donors (Lipinski definition) is 13. The number of benzene rings is 4. The van der Waals surface area contributed by atoms with Crippen molar-refractivity contribution < 1.29 is 65.4 Å². The van der Waals surface area contributed by atoms with E-state index in [0.717, 1.165) is 10.6 Å². The molecule has 0 bridgehead atoms. The summed E-state index contributed by atoms with van der Waals surface area (Å²) in [7, 11) is 0. The zero-order valence-electron chi connectivity index (χ0n) is 27.3. The van der Waals surface area contributed by atoms with Crippen LogP contribution in [-0.4, -0.2) is 74.5 Å². The van der Waals surface area contributed by atoms with Crippen molar-refractivity contribution in [3.63, 3.8) is 0 Å². The molecule has 0 aliphatic carbocycles. The quantitative estimate of drug-likeness (QED) is 0.0404. The van der Waals surface area contributed by atoms with E-state index in [1.807, 2.05) is 0 Å². The smallest absolute Gasteiger partial charge is 0.320 e. The lowest BCUT2D eigenvalue weighted by molar-refractivity contribution is 0.0698. The van der Waals surface area contributed by atoms with Crippen LogP contribution in [0.5, 0.6) is 34.8 Å². The molecule has 5 aromatic rings. The van der Waals surface area contributed by atoms with Gasteiger partial charge in [0, 0.05) is 40.7 Å². The van der Waals surface area contributed by atoms with Crippen molar-refractivity contribution in [1.29, 1.82) is 0 Å². The molecule has 280 valence electrons. The number of carbonyl (C=O) groups excluding carboxylic acids is 4. The first-order valence-corrected chi connectivity index (χ1v) is 14.4. The molecule has 0 atom stereocenters. The molecule has 0 saturated carbocycles. The number of hydroxylamine groups is 3. The number of phenols is 4. The van der Waals surface area contributed by atoms with Crippen molar-refractivity contribution in [3.05, 3.63) is 124 Å². The normalized spacial score (nSPS) is 9.52. The van der Waals surface area contributed by atoms with Crippen molar-refractivity contribution in [3.8, 4) is 52.8 Å². The van der Waals surface area contributed by atoms with Crippen LogP contribution in [-0.2, 0) is 0 Å². The SMILES string of the molecule is C#Cc1ccc(C(=O)NO)c(O)c1.Nc1ccc(C(=O)NO)c(O)c1.O=C(NO)c1ccccc1O.O=NC(=O)c1ccc(-n2c(O)ccc2O)cc1O. The van der Waals surface area contributed by atoms with Crippen LogP contribution >= 0.6 is 0 Å². The third-order valence-corrected chi connectivity index (χ3v) is 6.52. The highest BCUT2D eigenvalue weighted by Crippen LogP contribution is 2.30. The van der Waals surface area contributed by atoms with Crippen LogP contribution in [0.25, 0.3) is 5.69 Å². The summed E-state index contributed by atoms with van der Waals surface area (Å²) in [6.07, 6.45) is 5.07. The number of amides is 4. The minimum atomic E-state index is -1.10. The van der Waals surface area contributed by atoms with E-state index in [2.05, 4.69) is 11.1 Å². The third kappa shape index (κ3) is 11.2. The highest BCUT2D eigenvalue weighted by atomic mass is 16.5. The molecular weight excluding hydrogens is 716 g/mol. The highest BCUT2D eigenvalue weighted by molar-refractivity contribution is 5.98. The van der Waals surface area contributed by atoms with Gasteiger partial charge in [0.25, 0.3) is 17.7 Å². The van der Waals surface area contributed by atoms with Gasteiger partial charge in [-0.3, -0.25) is 39.4 Å². The van der Waals surface area contributed by atoms with Gasteiger partial charge in [0.2, 0.25) is 0 Å². The molecular formula is C34H30N6O14. The molecule has 20 heteroatoms. The molecule has 14 N–H and O–H groups in total. The molecule has 0 unspecified atom stereocenters. The van der Waals surface area contributed by atoms with Crippen LogP contribution in [0.4, 0.5) is 5.69 Å². The monoisotopic (exact) mass is 746 g/mol. The largest absolute Gasteiger partial charge is 0.507 e. The van der Waals surface area contributed by atoms with E-state index in [0.29, 0.717) is 11.3 Å². The summed E-state index contributed by atoms with van der Waals surface area (Å²) < 4.78 is 1.04. The van der Waals surface area contributed by atoms with Crippen LogP contribution in [0.2, 0.25) is 0 Å². The number of nitrogens with zero attached hydrogens (tertiary/aromatic N) is 2. The standard InChI is InChI=1S/C11H8N2O5.C9H7NO3.C7H8N2O3.C7H7NO3/c14-8-5-6(1-2-7(8)11(17)12-18)13-9(15)3-4-10(13)16;1-2-6-3-4-7(8(11)5-6)9(12)10-13;8-4-1-2-5(6(10)3-4)7(11)9-12;9-6-4-2-1-3-5(6)7(10)8-11/h1-5,14-16H;1,3-5,11,13H,(H,10,12);1-3,10,12H,8H2,(H,9,11);1-4,9,11H,(H,8,10). The summed E-state index contributed by atoms with van der Waals surface area (Å²) in [5.74, 6) is -2.69. The Balaban J connectivity index is 0.000000254. The van der Waals surface area contributed by atoms with Gasteiger partial charge in [0.1, 0.15) is 23.0 Å². The van der Waals surface area contributed by atoms with Gasteiger partial charge in [-0.2, -0.15) is 0 Å². The Morgan fingerprint density at radius 1 is 0.593 bits per heavy atom. The van der Waals surface area contributed by atoms with Crippen molar-refractivity contribution in [1.82, 2.24) is 21.0 Å². The molecule has 0 aliphatic heterocycles. The molecule has 4 amide bonds. The van der Waals surface area contributed by atoms with E-state index in [9.17, 15) is 44.5 Å². The maximum Gasteiger partial charge on any atom is 0.320 e.